The zero-order chi connectivity index (χ0) is 11.9. The van der Waals surface area contributed by atoms with Gasteiger partial charge in [0.25, 0.3) is 0 Å². The second-order valence-electron chi connectivity index (χ2n) is 4.61. The number of hydrogen-bond donors (Lipinski definition) is 2. The molecule has 0 rings (SSSR count). The van der Waals surface area contributed by atoms with E-state index in [2.05, 4.69) is 5.32 Å². The van der Waals surface area contributed by atoms with Crippen LogP contribution in [0.4, 0.5) is 0 Å². The summed E-state index contributed by atoms with van der Waals surface area (Å²) in [5.41, 5.74) is -0.823. The Kier molecular flexibility index (Phi) is 6.52. The van der Waals surface area contributed by atoms with Gasteiger partial charge in [0.15, 0.2) is 0 Å². The lowest BCUT2D eigenvalue weighted by molar-refractivity contribution is -0.123. The Morgan fingerprint density at radius 1 is 1.53 bits per heavy atom. The van der Waals surface area contributed by atoms with Gasteiger partial charge in [0, 0.05) is 20.1 Å². The molecule has 0 aromatic rings. The van der Waals surface area contributed by atoms with Crippen LogP contribution in [0, 0.1) is 5.92 Å². The molecule has 1 unspecified atom stereocenters. The molecule has 0 saturated heterocycles. The zero-order valence-corrected chi connectivity index (χ0v) is 10.2. The Hall–Kier alpha value is -0.610. The van der Waals surface area contributed by atoms with Gasteiger partial charge in [0.2, 0.25) is 5.91 Å². The van der Waals surface area contributed by atoms with Crippen molar-refractivity contribution >= 4 is 5.91 Å². The minimum absolute atomic E-state index is 0.0825. The van der Waals surface area contributed by atoms with E-state index in [0.29, 0.717) is 31.9 Å². The molecule has 0 fully saturated rings. The van der Waals surface area contributed by atoms with Gasteiger partial charge in [-0.3, -0.25) is 4.79 Å². The summed E-state index contributed by atoms with van der Waals surface area (Å²) in [5.74, 6) is 0.330. The summed E-state index contributed by atoms with van der Waals surface area (Å²) in [5, 5.41) is 12.6. The monoisotopic (exact) mass is 217 g/mol. The van der Waals surface area contributed by atoms with Gasteiger partial charge in [-0.15, -0.1) is 0 Å². The number of methoxy groups -OCH3 is 1. The highest BCUT2D eigenvalue weighted by Gasteiger charge is 2.22. The molecule has 4 nitrogen and oxygen atoms in total. The standard InChI is InChI=1S/C11H23NO3/c1-9(2)7-11(3,14)8-12-10(13)5-6-15-4/h9,14H,5-8H2,1-4H3,(H,12,13). The lowest BCUT2D eigenvalue weighted by atomic mass is 9.94. The van der Waals surface area contributed by atoms with E-state index in [9.17, 15) is 9.90 Å². The molecular weight excluding hydrogens is 194 g/mol. The van der Waals surface area contributed by atoms with Crippen LogP contribution in [0.5, 0.6) is 0 Å². The van der Waals surface area contributed by atoms with E-state index in [-0.39, 0.29) is 5.91 Å². The topological polar surface area (TPSA) is 58.6 Å². The average Bonchev–Trinajstić information content (AvgIpc) is 2.09. The average molecular weight is 217 g/mol. The highest BCUT2D eigenvalue weighted by Crippen LogP contribution is 2.14. The van der Waals surface area contributed by atoms with Crippen molar-refractivity contribution in [3.8, 4) is 0 Å². The minimum atomic E-state index is -0.823. The van der Waals surface area contributed by atoms with Crippen LogP contribution in [0.1, 0.15) is 33.6 Å². The van der Waals surface area contributed by atoms with Crippen molar-refractivity contribution in [3.05, 3.63) is 0 Å². The number of ether oxygens (including phenoxy) is 1. The first-order valence-corrected chi connectivity index (χ1v) is 5.35. The summed E-state index contributed by atoms with van der Waals surface area (Å²) >= 11 is 0. The fraction of sp³-hybridized carbons (Fsp3) is 0.909. The molecule has 0 bridgehead atoms. The maximum atomic E-state index is 11.2. The first-order chi connectivity index (χ1) is 6.87. The molecule has 15 heavy (non-hydrogen) atoms. The first-order valence-electron chi connectivity index (χ1n) is 5.35. The van der Waals surface area contributed by atoms with E-state index in [1.54, 1.807) is 14.0 Å². The van der Waals surface area contributed by atoms with E-state index in [1.165, 1.54) is 0 Å². The molecule has 0 heterocycles. The lowest BCUT2D eigenvalue weighted by Gasteiger charge is -2.25. The third kappa shape index (κ3) is 8.39. The summed E-state index contributed by atoms with van der Waals surface area (Å²) in [7, 11) is 1.56. The second kappa shape index (κ2) is 6.80. The summed E-state index contributed by atoms with van der Waals surface area (Å²) in [6.07, 6.45) is 1.02. The molecule has 0 aliphatic heterocycles. The zero-order valence-electron chi connectivity index (χ0n) is 10.2. The largest absolute Gasteiger partial charge is 0.388 e. The normalized spacial score (nSPS) is 15.1. The fourth-order valence-electron chi connectivity index (χ4n) is 1.52. The maximum absolute atomic E-state index is 11.2. The molecule has 1 atom stereocenters. The summed E-state index contributed by atoms with van der Waals surface area (Å²) < 4.78 is 4.79. The van der Waals surface area contributed by atoms with Crippen LogP contribution in [0.15, 0.2) is 0 Å². The van der Waals surface area contributed by atoms with Crippen molar-refractivity contribution in [2.24, 2.45) is 5.92 Å². The number of rotatable bonds is 7. The summed E-state index contributed by atoms with van der Waals surface area (Å²) in [4.78, 5) is 11.2. The van der Waals surface area contributed by atoms with Gasteiger partial charge >= 0.3 is 0 Å². The third-order valence-electron chi connectivity index (χ3n) is 2.05. The molecule has 0 aliphatic carbocycles. The highest BCUT2D eigenvalue weighted by molar-refractivity contribution is 5.76. The molecule has 0 saturated carbocycles. The Bertz CT molecular complexity index is 190. The van der Waals surface area contributed by atoms with Gasteiger partial charge in [-0.25, -0.2) is 0 Å². The molecule has 90 valence electrons. The van der Waals surface area contributed by atoms with Crippen LogP contribution in [-0.4, -0.2) is 36.9 Å². The van der Waals surface area contributed by atoms with Crippen LogP contribution >= 0.6 is 0 Å². The number of carbonyl (C=O) groups is 1. The predicted octanol–water partition coefficient (Wildman–Crippen LogP) is 0.936. The van der Waals surface area contributed by atoms with Gasteiger partial charge in [0.05, 0.1) is 12.2 Å². The quantitative estimate of drug-likeness (QED) is 0.667. The minimum Gasteiger partial charge on any atom is -0.388 e. The Balaban J connectivity index is 3.77. The molecule has 0 radical (unpaired) electrons. The van der Waals surface area contributed by atoms with Gasteiger partial charge < -0.3 is 15.2 Å². The third-order valence-corrected chi connectivity index (χ3v) is 2.05. The van der Waals surface area contributed by atoms with Crippen molar-refractivity contribution < 1.29 is 14.6 Å². The molecule has 0 aromatic carbocycles. The van der Waals surface area contributed by atoms with Gasteiger partial charge in [-0.2, -0.15) is 0 Å². The highest BCUT2D eigenvalue weighted by atomic mass is 16.5. The molecule has 1 amide bonds. The van der Waals surface area contributed by atoms with Gasteiger partial charge in [-0.05, 0) is 19.3 Å². The van der Waals surface area contributed by atoms with Crippen molar-refractivity contribution in [1.82, 2.24) is 5.32 Å². The number of aliphatic hydroxyl groups is 1. The Morgan fingerprint density at radius 2 is 2.13 bits per heavy atom. The van der Waals surface area contributed by atoms with Crippen LogP contribution in [0.2, 0.25) is 0 Å². The van der Waals surface area contributed by atoms with Crippen LogP contribution in [-0.2, 0) is 9.53 Å². The van der Waals surface area contributed by atoms with Crippen molar-refractivity contribution in [2.45, 2.75) is 39.2 Å². The van der Waals surface area contributed by atoms with E-state index >= 15 is 0 Å². The van der Waals surface area contributed by atoms with Gasteiger partial charge in [0.1, 0.15) is 0 Å². The van der Waals surface area contributed by atoms with Crippen molar-refractivity contribution in [2.75, 3.05) is 20.3 Å². The molecule has 2 N–H and O–H groups in total. The molecular formula is C11H23NO3. The van der Waals surface area contributed by atoms with Crippen LogP contribution in [0.3, 0.4) is 0 Å². The molecule has 0 spiro atoms. The maximum Gasteiger partial charge on any atom is 0.222 e. The van der Waals surface area contributed by atoms with Crippen molar-refractivity contribution in [3.63, 3.8) is 0 Å². The number of carbonyl (C=O) groups excluding carboxylic acids is 1. The predicted molar refractivity (Wildman–Crippen MR) is 59.6 cm³/mol. The van der Waals surface area contributed by atoms with E-state index < -0.39 is 5.60 Å². The molecule has 4 heteroatoms. The molecule has 0 aromatic heterocycles. The lowest BCUT2D eigenvalue weighted by Crippen LogP contribution is -2.41. The van der Waals surface area contributed by atoms with Crippen molar-refractivity contribution in [1.29, 1.82) is 0 Å². The Labute approximate surface area is 92.0 Å². The van der Waals surface area contributed by atoms with E-state index in [1.807, 2.05) is 13.8 Å². The fourth-order valence-corrected chi connectivity index (χ4v) is 1.52. The van der Waals surface area contributed by atoms with Crippen LogP contribution < -0.4 is 5.32 Å². The second-order valence-corrected chi connectivity index (χ2v) is 4.61. The summed E-state index contributed by atoms with van der Waals surface area (Å²) in [6, 6.07) is 0. The van der Waals surface area contributed by atoms with Crippen LogP contribution in [0.25, 0.3) is 0 Å². The smallest absolute Gasteiger partial charge is 0.222 e. The SMILES string of the molecule is COCCC(=O)NCC(C)(O)CC(C)C. The number of hydrogen-bond acceptors (Lipinski definition) is 3. The number of amides is 1. The summed E-state index contributed by atoms with van der Waals surface area (Å²) in [6.45, 7) is 6.54. The molecule has 0 aliphatic rings. The Morgan fingerprint density at radius 3 is 2.60 bits per heavy atom. The first kappa shape index (κ1) is 14.4. The van der Waals surface area contributed by atoms with E-state index in [4.69, 9.17) is 4.74 Å². The van der Waals surface area contributed by atoms with E-state index in [0.717, 1.165) is 0 Å². The van der Waals surface area contributed by atoms with Gasteiger partial charge in [-0.1, -0.05) is 13.8 Å². The number of nitrogens with one attached hydrogen (secondary N) is 1.